The Kier molecular flexibility index (Phi) is 7.09. The van der Waals surface area contributed by atoms with Gasteiger partial charge in [0.05, 0.1) is 5.69 Å². The number of benzene rings is 2. The van der Waals surface area contributed by atoms with E-state index >= 15 is 0 Å². The molecule has 0 saturated carbocycles. The lowest BCUT2D eigenvalue weighted by Gasteiger charge is -2.20. The molecule has 0 fully saturated rings. The van der Waals surface area contributed by atoms with E-state index < -0.39 is 11.5 Å². The second kappa shape index (κ2) is 9.96. The fraction of sp³-hybridized carbons (Fsp3) is 0.231. The van der Waals surface area contributed by atoms with Crippen LogP contribution in [0.5, 0.6) is 0 Å². The van der Waals surface area contributed by atoms with Crippen LogP contribution >= 0.6 is 0 Å². The van der Waals surface area contributed by atoms with Crippen molar-refractivity contribution in [1.29, 1.82) is 5.26 Å². The van der Waals surface area contributed by atoms with Gasteiger partial charge in [-0.15, -0.1) is 0 Å². The van der Waals surface area contributed by atoms with Crippen LogP contribution in [0, 0.1) is 25.2 Å². The summed E-state index contributed by atoms with van der Waals surface area (Å²) in [5.74, 6) is -1.32. The van der Waals surface area contributed by atoms with Crippen molar-refractivity contribution in [2.45, 2.75) is 27.7 Å². The molecule has 2 aromatic carbocycles. The number of anilines is 1. The average molecular weight is 443 g/mol. The molecule has 0 amide bonds. The van der Waals surface area contributed by atoms with Gasteiger partial charge in [-0.2, -0.15) is 15.0 Å². The summed E-state index contributed by atoms with van der Waals surface area (Å²) < 4.78 is 0.977. The van der Waals surface area contributed by atoms with E-state index in [9.17, 15) is 20.0 Å². The molecule has 1 heterocycles. The van der Waals surface area contributed by atoms with Gasteiger partial charge in [0, 0.05) is 24.3 Å². The molecule has 33 heavy (non-hydrogen) atoms. The highest BCUT2D eigenvalue weighted by molar-refractivity contribution is 5.92. The number of hydrogen-bond donors (Lipinski definition) is 1. The van der Waals surface area contributed by atoms with Gasteiger partial charge in [-0.1, -0.05) is 30.4 Å². The zero-order valence-corrected chi connectivity index (χ0v) is 19.2. The van der Waals surface area contributed by atoms with Crippen LogP contribution in [0.25, 0.3) is 17.8 Å². The third kappa shape index (κ3) is 4.85. The molecule has 0 radical (unpaired) electrons. The Morgan fingerprint density at radius 1 is 1.09 bits per heavy atom. The molecule has 0 atom stereocenters. The zero-order chi connectivity index (χ0) is 24.1. The normalized spacial score (nSPS) is 10.9. The summed E-state index contributed by atoms with van der Waals surface area (Å²) in [5.41, 5.74) is 2.95. The molecule has 3 aromatic rings. The Bertz CT molecular complexity index is 1310. The molecule has 0 unspecified atom stereocenters. The lowest BCUT2D eigenvalue weighted by atomic mass is 10.1. The van der Waals surface area contributed by atoms with Gasteiger partial charge in [0.25, 0.3) is 5.56 Å². The second-order valence-electron chi connectivity index (χ2n) is 7.64. The molecule has 1 N–H and O–H groups in total. The van der Waals surface area contributed by atoms with Crippen molar-refractivity contribution in [2.24, 2.45) is 0 Å². The summed E-state index contributed by atoms with van der Waals surface area (Å²) in [6.45, 7) is 9.77. The molecule has 0 spiro atoms. The van der Waals surface area contributed by atoms with Crippen LogP contribution in [0.1, 0.15) is 52.2 Å². The molecule has 0 aliphatic carbocycles. The van der Waals surface area contributed by atoms with Gasteiger partial charge < -0.3 is 10.0 Å². The van der Waals surface area contributed by atoms with E-state index in [4.69, 9.17) is 0 Å². The number of carboxylic acid groups (broad SMARTS) is 1. The highest BCUT2D eigenvalue weighted by Crippen LogP contribution is 2.19. The lowest BCUT2D eigenvalue weighted by molar-refractivity contribution is 0.0688. The SMILES string of the molecule is CCN(CC)c1ccc(/C=C\c2c(C(=O)O)nn(-c3ccc(C)c(C)c3)c(=O)c2C#N)cc1. The fourth-order valence-corrected chi connectivity index (χ4v) is 3.56. The van der Waals surface area contributed by atoms with E-state index in [1.54, 1.807) is 18.2 Å². The quantitative estimate of drug-likeness (QED) is 0.581. The summed E-state index contributed by atoms with van der Waals surface area (Å²) >= 11 is 0. The molecule has 0 aliphatic rings. The molecule has 1 aromatic heterocycles. The summed E-state index contributed by atoms with van der Waals surface area (Å²) in [4.78, 5) is 27.2. The van der Waals surface area contributed by atoms with E-state index in [1.165, 1.54) is 6.08 Å². The van der Waals surface area contributed by atoms with Gasteiger partial charge in [0.1, 0.15) is 11.6 Å². The van der Waals surface area contributed by atoms with Crippen molar-refractivity contribution in [3.63, 3.8) is 0 Å². The van der Waals surface area contributed by atoms with Gasteiger partial charge in [0.2, 0.25) is 0 Å². The smallest absolute Gasteiger partial charge is 0.357 e. The Hall–Kier alpha value is -4.18. The Morgan fingerprint density at radius 2 is 1.76 bits per heavy atom. The first-order chi connectivity index (χ1) is 15.8. The van der Waals surface area contributed by atoms with Crippen molar-refractivity contribution < 1.29 is 9.90 Å². The van der Waals surface area contributed by atoms with Gasteiger partial charge in [-0.3, -0.25) is 4.79 Å². The minimum absolute atomic E-state index is 0.0112. The molecule has 3 rings (SSSR count). The van der Waals surface area contributed by atoms with Crippen molar-refractivity contribution in [3.8, 4) is 11.8 Å². The maximum atomic E-state index is 13.0. The van der Waals surface area contributed by atoms with Crippen LogP contribution in [-0.2, 0) is 0 Å². The monoisotopic (exact) mass is 442 g/mol. The van der Waals surface area contributed by atoms with Gasteiger partial charge in [-0.05, 0) is 68.7 Å². The van der Waals surface area contributed by atoms with Crippen molar-refractivity contribution in [3.05, 3.63) is 86.3 Å². The number of aryl methyl sites for hydroxylation is 2. The first-order valence-electron chi connectivity index (χ1n) is 10.7. The Morgan fingerprint density at radius 3 is 2.30 bits per heavy atom. The standard InChI is InChI=1S/C26H26N4O3/c1-5-29(6-2)20-12-8-19(9-13-20)10-14-22-23(16-27)25(31)30(28-24(22)26(32)33)21-11-7-17(3)18(4)15-21/h7-15H,5-6H2,1-4H3,(H,32,33)/b14-10-. The first kappa shape index (κ1) is 23.5. The van der Waals surface area contributed by atoms with Gasteiger partial charge in [-0.25, -0.2) is 4.79 Å². The predicted octanol–water partition coefficient (Wildman–Crippen LogP) is 4.44. The molecule has 7 heteroatoms. The highest BCUT2D eigenvalue weighted by atomic mass is 16.4. The molecular formula is C26H26N4O3. The maximum absolute atomic E-state index is 13.0. The number of carbonyl (C=O) groups is 1. The van der Waals surface area contributed by atoms with E-state index in [0.29, 0.717) is 5.69 Å². The number of nitrogens with zero attached hydrogens (tertiary/aromatic N) is 4. The first-order valence-corrected chi connectivity index (χ1v) is 10.7. The van der Waals surface area contributed by atoms with Crippen molar-refractivity contribution in [2.75, 3.05) is 18.0 Å². The maximum Gasteiger partial charge on any atom is 0.357 e. The average Bonchev–Trinajstić information content (AvgIpc) is 2.81. The minimum Gasteiger partial charge on any atom is -0.476 e. The molecule has 7 nitrogen and oxygen atoms in total. The summed E-state index contributed by atoms with van der Waals surface area (Å²) in [6.07, 6.45) is 3.14. The summed E-state index contributed by atoms with van der Waals surface area (Å²) in [5, 5.41) is 23.6. The zero-order valence-electron chi connectivity index (χ0n) is 19.2. The van der Waals surface area contributed by atoms with Gasteiger partial charge in [0.15, 0.2) is 5.69 Å². The number of aromatic carboxylic acids is 1. The second-order valence-corrected chi connectivity index (χ2v) is 7.64. The fourth-order valence-electron chi connectivity index (χ4n) is 3.56. The minimum atomic E-state index is -1.32. The number of carboxylic acids is 1. The highest BCUT2D eigenvalue weighted by Gasteiger charge is 2.21. The number of nitriles is 1. The van der Waals surface area contributed by atoms with Crippen molar-refractivity contribution >= 4 is 23.8 Å². The van der Waals surface area contributed by atoms with E-state index in [1.807, 2.05) is 50.2 Å². The molecular weight excluding hydrogens is 416 g/mol. The van der Waals surface area contributed by atoms with Crippen LogP contribution in [0.2, 0.25) is 0 Å². The Labute approximate surface area is 192 Å². The predicted molar refractivity (Wildman–Crippen MR) is 130 cm³/mol. The third-order valence-electron chi connectivity index (χ3n) is 5.64. The molecule has 0 bridgehead atoms. The van der Waals surface area contributed by atoms with Crippen LogP contribution in [0.3, 0.4) is 0 Å². The molecule has 0 aliphatic heterocycles. The topological polar surface area (TPSA) is 99.2 Å². The summed E-state index contributed by atoms with van der Waals surface area (Å²) in [7, 11) is 0. The largest absolute Gasteiger partial charge is 0.476 e. The van der Waals surface area contributed by atoms with Crippen LogP contribution in [0.15, 0.2) is 47.3 Å². The molecule has 0 saturated heterocycles. The third-order valence-corrected chi connectivity index (χ3v) is 5.64. The van der Waals surface area contributed by atoms with E-state index in [0.717, 1.165) is 40.1 Å². The van der Waals surface area contributed by atoms with E-state index in [2.05, 4.69) is 23.8 Å². The van der Waals surface area contributed by atoms with Crippen LogP contribution in [-0.4, -0.2) is 33.9 Å². The lowest BCUT2D eigenvalue weighted by Crippen LogP contribution is -2.28. The van der Waals surface area contributed by atoms with Crippen LogP contribution in [0.4, 0.5) is 5.69 Å². The van der Waals surface area contributed by atoms with E-state index in [-0.39, 0.29) is 16.8 Å². The summed E-state index contributed by atoms with van der Waals surface area (Å²) in [6, 6.07) is 14.9. The van der Waals surface area contributed by atoms with Crippen LogP contribution < -0.4 is 10.5 Å². The van der Waals surface area contributed by atoms with Gasteiger partial charge >= 0.3 is 5.97 Å². The number of aromatic nitrogens is 2. The number of hydrogen-bond acceptors (Lipinski definition) is 5. The molecule has 168 valence electrons. The van der Waals surface area contributed by atoms with Crippen molar-refractivity contribution in [1.82, 2.24) is 9.78 Å². The Balaban J connectivity index is 2.09. The number of rotatable bonds is 7.